The van der Waals surface area contributed by atoms with E-state index >= 15 is 0 Å². The third-order valence-corrected chi connectivity index (χ3v) is 3.67. The van der Waals surface area contributed by atoms with Gasteiger partial charge in [0.15, 0.2) is 0 Å². The van der Waals surface area contributed by atoms with Gasteiger partial charge in [-0.15, -0.1) is 0 Å². The SMILES string of the molecule is Cn1cc(C2CCCN(C(=O)c3ccoc3)C2)cn1. The Morgan fingerprint density at radius 3 is 3.11 bits per heavy atom. The molecule has 1 aliphatic rings. The van der Waals surface area contributed by atoms with Crippen molar-refractivity contribution in [3.63, 3.8) is 0 Å². The fraction of sp³-hybridized carbons (Fsp3) is 0.429. The van der Waals surface area contributed by atoms with Gasteiger partial charge in [-0.3, -0.25) is 9.48 Å². The van der Waals surface area contributed by atoms with Crippen LogP contribution in [0.15, 0.2) is 35.4 Å². The maximum Gasteiger partial charge on any atom is 0.257 e. The van der Waals surface area contributed by atoms with Gasteiger partial charge in [0.25, 0.3) is 5.91 Å². The van der Waals surface area contributed by atoms with Crippen molar-refractivity contribution in [2.75, 3.05) is 13.1 Å². The molecule has 5 heteroatoms. The third-order valence-electron chi connectivity index (χ3n) is 3.67. The minimum atomic E-state index is 0.0577. The molecule has 2 aromatic heterocycles. The van der Waals surface area contributed by atoms with Crippen molar-refractivity contribution in [1.82, 2.24) is 14.7 Å². The highest BCUT2D eigenvalue weighted by Gasteiger charge is 2.26. The highest BCUT2D eigenvalue weighted by molar-refractivity contribution is 5.93. The van der Waals surface area contributed by atoms with Crippen LogP contribution in [0.1, 0.15) is 34.7 Å². The Labute approximate surface area is 111 Å². The molecule has 1 aliphatic heterocycles. The summed E-state index contributed by atoms with van der Waals surface area (Å²) in [5.41, 5.74) is 1.85. The Morgan fingerprint density at radius 2 is 2.42 bits per heavy atom. The summed E-state index contributed by atoms with van der Waals surface area (Å²) < 4.78 is 6.79. The monoisotopic (exact) mass is 259 g/mol. The normalized spacial score (nSPS) is 19.6. The second kappa shape index (κ2) is 4.91. The number of furan rings is 1. The lowest BCUT2D eigenvalue weighted by atomic mass is 9.92. The molecule has 0 bridgehead atoms. The fourth-order valence-electron chi connectivity index (χ4n) is 2.65. The maximum absolute atomic E-state index is 12.3. The van der Waals surface area contributed by atoms with Crippen LogP contribution < -0.4 is 0 Å². The second-order valence-corrected chi connectivity index (χ2v) is 5.05. The molecule has 1 saturated heterocycles. The molecule has 100 valence electrons. The standard InChI is InChI=1S/C14H17N3O2/c1-16-8-13(7-15-16)11-3-2-5-17(9-11)14(18)12-4-6-19-10-12/h4,6-8,10-11H,2-3,5,9H2,1H3. The molecular formula is C14H17N3O2. The van der Waals surface area contributed by atoms with Crippen LogP contribution in [0.25, 0.3) is 0 Å². The van der Waals surface area contributed by atoms with E-state index in [0.717, 1.165) is 25.9 Å². The van der Waals surface area contributed by atoms with E-state index < -0.39 is 0 Å². The summed E-state index contributed by atoms with van der Waals surface area (Å²) >= 11 is 0. The summed E-state index contributed by atoms with van der Waals surface area (Å²) in [7, 11) is 1.92. The Morgan fingerprint density at radius 1 is 1.53 bits per heavy atom. The second-order valence-electron chi connectivity index (χ2n) is 5.05. The van der Waals surface area contributed by atoms with Gasteiger partial charge in [0.2, 0.25) is 0 Å². The molecule has 0 spiro atoms. The number of carbonyl (C=O) groups is 1. The van der Waals surface area contributed by atoms with Crippen LogP contribution in [0.3, 0.4) is 0 Å². The van der Waals surface area contributed by atoms with Crippen molar-refractivity contribution in [3.8, 4) is 0 Å². The Kier molecular flexibility index (Phi) is 3.11. The first-order valence-corrected chi connectivity index (χ1v) is 6.54. The zero-order valence-electron chi connectivity index (χ0n) is 11.0. The topological polar surface area (TPSA) is 51.3 Å². The molecule has 0 saturated carbocycles. The lowest BCUT2D eigenvalue weighted by Crippen LogP contribution is -2.38. The van der Waals surface area contributed by atoms with Crippen LogP contribution in [-0.2, 0) is 7.05 Å². The van der Waals surface area contributed by atoms with E-state index in [0.29, 0.717) is 11.5 Å². The van der Waals surface area contributed by atoms with Gasteiger partial charge in [-0.25, -0.2) is 0 Å². The summed E-state index contributed by atoms with van der Waals surface area (Å²) in [4.78, 5) is 14.2. The fourth-order valence-corrected chi connectivity index (χ4v) is 2.65. The number of aromatic nitrogens is 2. The molecule has 3 heterocycles. The molecule has 2 aromatic rings. The largest absolute Gasteiger partial charge is 0.472 e. The van der Waals surface area contributed by atoms with E-state index in [2.05, 4.69) is 5.10 Å². The first-order chi connectivity index (χ1) is 9.24. The molecule has 1 atom stereocenters. The number of carbonyl (C=O) groups excluding carboxylic acids is 1. The Balaban J connectivity index is 1.73. The highest BCUT2D eigenvalue weighted by Crippen LogP contribution is 2.27. The number of nitrogens with zero attached hydrogens (tertiary/aromatic N) is 3. The van der Waals surface area contributed by atoms with Gasteiger partial charge in [-0.2, -0.15) is 5.10 Å². The molecule has 0 N–H and O–H groups in total. The van der Waals surface area contributed by atoms with E-state index in [4.69, 9.17) is 4.42 Å². The minimum Gasteiger partial charge on any atom is -0.472 e. The molecule has 0 radical (unpaired) electrons. The molecule has 3 rings (SSSR count). The number of likely N-dealkylation sites (tertiary alicyclic amines) is 1. The smallest absolute Gasteiger partial charge is 0.257 e. The molecule has 19 heavy (non-hydrogen) atoms. The molecule has 1 fully saturated rings. The van der Waals surface area contributed by atoms with Crippen LogP contribution in [0.5, 0.6) is 0 Å². The highest BCUT2D eigenvalue weighted by atomic mass is 16.3. The minimum absolute atomic E-state index is 0.0577. The number of amides is 1. The van der Waals surface area contributed by atoms with E-state index in [1.54, 1.807) is 6.07 Å². The van der Waals surface area contributed by atoms with Crippen molar-refractivity contribution >= 4 is 5.91 Å². The Bertz CT molecular complexity index is 559. The van der Waals surface area contributed by atoms with E-state index in [1.807, 2.05) is 29.0 Å². The average Bonchev–Trinajstić information content (AvgIpc) is 3.09. The molecule has 0 aliphatic carbocycles. The predicted molar refractivity (Wildman–Crippen MR) is 69.8 cm³/mol. The predicted octanol–water partition coefficient (Wildman–Crippen LogP) is 2.03. The van der Waals surface area contributed by atoms with Crippen molar-refractivity contribution in [3.05, 3.63) is 42.1 Å². The van der Waals surface area contributed by atoms with Gasteiger partial charge in [-0.1, -0.05) is 0 Å². The van der Waals surface area contributed by atoms with Crippen molar-refractivity contribution in [2.45, 2.75) is 18.8 Å². The van der Waals surface area contributed by atoms with E-state index in [9.17, 15) is 4.79 Å². The first kappa shape index (κ1) is 12.0. The molecular weight excluding hydrogens is 242 g/mol. The van der Waals surface area contributed by atoms with Crippen molar-refractivity contribution < 1.29 is 9.21 Å². The molecule has 1 unspecified atom stereocenters. The van der Waals surface area contributed by atoms with Crippen LogP contribution in [0, 0.1) is 0 Å². The zero-order valence-corrected chi connectivity index (χ0v) is 11.0. The third kappa shape index (κ3) is 2.41. The summed E-state index contributed by atoms with van der Waals surface area (Å²) in [5.74, 6) is 0.445. The van der Waals surface area contributed by atoms with Gasteiger partial charge in [0.05, 0.1) is 18.0 Å². The van der Waals surface area contributed by atoms with Gasteiger partial charge in [0.1, 0.15) is 6.26 Å². The average molecular weight is 259 g/mol. The number of aryl methyl sites for hydroxylation is 1. The van der Waals surface area contributed by atoms with Crippen LogP contribution in [0.4, 0.5) is 0 Å². The van der Waals surface area contributed by atoms with E-state index in [1.165, 1.54) is 18.1 Å². The lowest BCUT2D eigenvalue weighted by Gasteiger charge is -2.32. The summed E-state index contributed by atoms with van der Waals surface area (Å²) in [6.07, 6.45) is 9.13. The zero-order chi connectivity index (χ0) is 13.2. The lowest BCUT2D eigenvalue weighted by molar-refractivity contribution is 0.0706. The van der Waals surface area contributed by atoms with Crippen LogP contribution in [-0.4, -0.2) is 33.7 Å². The van der Waals surface area contributed by atoms with Gasteiger partial charge < -0.3 is 9.32 Å². The van der Waals surface area contributed by atoms with E-state index in [-0.39, 0.29) is 5.91 Å². The number of rotatable bonds is 2. The molecule has 5 nitrogen and oxygen atoms in total. The summed E-state index contributed by atoms with van der Waals surface area (Å²) in [5, 5.41) is 4.21. The van der Waals surface area contributed by atoms with Gasteiger partial charge in [0, 0.05) is 32.3 Å². The quantitative estimate of drug-likeness (QED) is 0.829. The van der Waals surface area contributed by atoms with Crippen molar-refractivity contribution in [2.24, 2.45) is 7.05 Å². The van der Waals surface area contributed by atoms with Crippen LogP contribution in [0.2, 0.25) is 0 Å². The van der Waals surface area contributed by atoms with Gasteiger partial charge >= 0.3 is 0 Å². The van der Waals surface area contributed by atoms with Crippen LogP contribution >= 0.6 is 0 Å². The molecule has 0 aromatic carbocycles. The van der Waals surface area contributed by atoms with Crippen molar-refractivity contribution in [1.29, 1.82) is 0 Å². The first-order valence-electron chi connectivity index (χ1n) is 6.54. The molecule has 1 amide bonds. The summed E-state index contributed by atoms with van der Waals surface area (Å²) in [6.45, 7) is 1.58. The maximum atomic E-state index is 12.3. The van der Waals surface area contributed by atoms with Gasteiger partial charge in [-0.05, 0) is 24.5 Å². The number of hydrogen-bond acceptors (Lipinski definition) is 3. The summed E-state index contributed by atoms with van der Waals surface area (Å²) in [6, 6.07) is 1.72. The number of piperidine rings is 1. The Hall–Kier alpha value is -2.04. The number of hydrogen-bond donors (Lipinski definition) is 0.